The topological polar surface area (TPSA) is 37.8 Å². The first-order valence-electron chi connectivity index (χ1n) is 6.79. The van der Waals surface area contributed by atoms with E-state index in [1.165, 1.54) is 25.7 Å². The van der Waals surface area contributed by atoms with Crippen molar-refractivity contribution in [2.75, 3.05) is 6.54 Å². The molecule has 5 heteroatoms. The molecule has 0 radical (unpaired) electrons. The Labute approximate surface area is 118 Å². The maximum absolute atomic E-state index is 4.18. The van der Waals surface area contributed by atoms with E-state index in [2.05, 4.69) is 36.3 Å². The first kappa shape index (κ1) is 14.3. The van der Waals surface area contributed by atoms with Gasteiger partial charge >= 0.3 is 0 Å². The summed E-state index contributed by atoms with van der Waals surface area (Å²) in [5.74, 6) is 0. The second kappa shape index (κ2) is 6.35. The smallest absolute Gasteiger partial charge is 0.174 e. The molecule has 1 fully saturated rings. The average molecular weight is 285 g/mol. The Bertz CT molecular complexity index is 351. The molecule has 1 saturated carbocycles. The van der Waals surface area contributed by atoms with Crippen LogP contribution in [0.2, 0.25) is 0 Å². The van der Waals surface area contributed by atoms with Crippen LogP contribution in [-0.4, -0.2) is 28.0 Å². The summed E-state index contributed by atoms with van der Waals surface area (Å²) in [6.07, 6.45) is 5.13. The lowest BCUT2D eigenvalue weighted by molar-refractivity contribution is 0.175. The van der Waals surface area contributed by atoms with Gasteiger partial charge in [0, 0.05) is 11.3 Å². The van der Waals surface area contributed by atoms with Crippen molar-refractivity contribution >= 4 is 23.1 Å². The molecular weight excluding hydrogens is 262 g/mol. The number of nitrogens with one attached hydrogen (secondary N) is 1. The maximum Gasteiger partial charge on any atom is 0.174 e. The van der Waals surface area contributed by atoms with Crippen LogP contribution in [0.25, 0.3) is 0 Å². The Hall–Kier alpha value is -0.130. The van der Waals surface area contributed by atoms with Crippen LogP contribution in [0.5, 0.6) is 0 Å². The zero-order valence-corrected chi connectivity index (χ0v) is 13.1. The molecule has 2 unspecified atom stereocenters. The summed E-state index contributed by atoms with van der Waals surface area (Å²) >= 11 is 3.57. The minimum Gasteiger partial charge on any atom is -0.312 e. The zero-order chi connectivity index (χ0) is 13.0. The molecule has 18 heavy (non-hydrogen) atoms. The van der Waals surface area contributed by atoms with E-state index >= 15 is 0 Å². The summed E-state index contributed by atoms with van der Waals surface area (Å²) in [6.45, 7) is 8.14. The molecule has 1 aromatic rings. The molecule has 1 aromatic heterocycles. The molecule has 2 atom stereocenters. The van der Waals surface area contributed by atoms with Crippen molar-refractivity contribution in [3.05, 3.63) is 5.51 Å². The normalized spacial score (nSPS) is 27.3. The number of rotatable bonds is 5. The van der Waals surface area contributed by atoms with Crippen molar-refractivity contribution in [1.29, 1.82) is 0 Å². The van der Waals surface area contributed by atoms with E-state index in [4.69, 9.17) is 0 Å². The van der Waals surface area contributed by atoms with Gasteiger partial charge in [0.25, 0.3) is 0 Å². The van der Waals surface area contributed by atoms with Gasteiger partial charge < -0.3 is 5.32 Å². The highest BCUT2D eigenvalue weighted by molar-refractivity contribution is 8.01. The molecule has 1 heterocycles. The van der Waals surface area contributed by atoms with Crippen molar-refractivity contribution in [3.63, 3.8) is 0 Å². The molecule has 1 N–H and O–H groups in total. The van der Waals surface area contributed by atoms with Gasteiger partial charge in [0.1, 0.15) is 5.51 Å². The molecule has 2 rings (SSSR count). The minimum atomic E-state index is 0.385. The van der Waals surface area contributed by atoms with E-state index in [1.54, 1.807) is 11.3 Å². The molecular formula is C13H23N3S2. The van der Waals surface area contributed by atoms with E-state index in [9.17, 15) is 0 Å². The average Bonchev–Trinajstić information content (AvgIpc) is 2.80. The van der Waals surface area contributed by atoms with Gasteiger partial charge in [-0.1, -0.05) is 50.3 Å². The van der Waals surface area contributed by atoms with Gasteiger partial charge in [0.15, 0.2) is 4.34 Å². The lowest BCUT2D eigenvalue weighted by Crippen LogP contribution is -2.51. The summed E-state index contributed by atoms with van der Waals surface area (Å²) in [6, 6.07) is 0.583. The van der Waals surface area contributed by atoms with E-state index in [0.29, 0.717) is 16.7 Å². The second-order valence-electron chi connectivity index (χ2n) is 5.67. The predicted octanol–water partition coefficient (Wildman–Crippen LogP) is 3.58. The highest BCUT2D eigenvalue weighted by Crippen LogP contribution is 2.43. The fourth-order valence-electron chi connectivity index (χ4n) is 2.76. The van der Waals surface area contributed by atoms with Gasteiger partial charge in [-0.05, 0) is 31.2 Å². The molecule has 0 bridgehead atoms. The van der Waals surface area contributed by atoms with Crippen LogP contribution < -0.4 is 5.32 Å². The van der Waals surface area contributed by atoms with Crippen LogP contribution in [-0.2, 0) is 0 Å². The number of hydrogen-bond donors (Lipinski definition) is 1. The van der Waals surface area contributed by atoms with Gasteiger partial charge in [0.2, 0.25) is 0 Å². The summed E-state index contributed by atoms with van der Waals surface area (Å²) in [5.41, 5.74) is 2.21. The Kier molecular flexibility index (Phi) is 5.04. The molecule has 0 spiro atoms. The van der Waals surface area contributed by atoms with Crippen LogP contribution in [0.1, 0.15) is 46.5 Å². The molecule has 0 saturated heterocycles. The molecule has 102 valence electrons. The Balaban J connectivity index is 2.05. The molecule has 1 aliphatic rings. The van der Waals surface area contributed by atoms with Crippen LogP contribution in [0.3, 0.4) is 0 Å². The molecule has 0 aliphatic heterocycles. The Morgan fingerprint density at radius 2 is 2.39 bits per heavy atom. The molecule has 1 aliphatic carbocycles. The SMILES string of the molecule is CCCNC1C(Sc2nncs2)CCCC1(C)C. The Morgan fingerprint density at radius 3 is 3.06 bits per heavy atom. The number of nitrogens with zero attached hydrogens (tertiary/aromatic N) is 2. The van der Waals surface area contributed by atoms with E-state index in [1.807, 2.05) is 17.3 Å². The summed E-state index contributed by atoms with van der Waals surface area (Å²) in [5, 5.41) is 12.5. The first-order valence-corrected chi connectivity index (χ1v) is 8.55. The largest absolute Gasteiger partial charge is 0.312 e. The standard InChI is InChI=1S/C13H23N3S2/c1-4-8-14-11-10(6-5-7-13(11,2)3)18-12-16-15-9-17-12/h9-11,14H,4-8H2,1-3H3. The zero-order valence-electron chi connectivity index (χ0n) is 11.5. The lowest BCUT2D eigenvalue weighted by Gasteiger charge is -2.44. The van der Waals surface area contributed by atoms with Crippen molar-refractivity contribution < 1.29 is 0 Å². The monoisotopic (exact) mass is 285 g/mol. The summed E-state index contributed by atoms with van der Waals surface area (Å²) in [4.78, 5) is 0. The number of thioether (sulfide) groups is 1. The van der Waals surface area contributed by atoms with Crippen molar-refractivity contribution in [2.45, 2.75) is 62.1 Å². The van der Waals surface area contributed by atoms with E-state index in [-0.39, 0.29) is 0 Å². The Morgan fingerprint density at radius 1 is 1.56 bits per heavy atom. The molecule has 3 nitrogen and oxygen atoms in total. The van der Waals surface area contributed by atoms with Gasteiger partial charge in [-0.25, -0.2) is 0 Å². The fraction of sp³-hybridized carbons (Fsp3) is 0.846. The first-order chi connectivity index (χ1) is 8.63. The fourth-order valence-corrected chi connectivity index (χ4v) is 5.00. The summed E-state index contributed by atoms with van der Waals surface area (Å²) in [7, 11) is 0. The lowest BCUT2D eigenvalue weighted by atomic mass is 9.73. The third-order valence-electron chi connectivity index (χ3n) is 3.73. The summed E-state index contributed by atoms with van der Waals surface area (Å²) < 4.78 is 1.11. The van der Waals surface area contributed by atoms with E-state index < -0.39 is 0 Å². The molecule has 0 aromatic carbocycles. The quantitative estimate of drug-likeness (QED) is 0.897. The van der Waals surface area contributed by atoms with Gasteiger partial charge in [-0.15, -0.1) is 10.2 Å². The van der Waals surface area contributed by atoms with Gasteiger partial charge in [-0.3, -0.25) is 0 Å². The van der Waals surface area contributed by atoms with Gasteiger partial charge in [-0.2, -0.15) is 0 Å². The number of aromatic nitrogens is 2. The van der Waals surface area contributed by atoms with Crippen molar-refractivity contribution in [2.24, 2.45) is 5.41 Å². The van der Waals surface area contributed by atoms with Crippen LogP contribution in [0.4, 0.5) is 0 Å². The van der Waals surface area contributed by atoms with Crippen LogP contribution >= 0.6 is 23.1 Å². The highest BCUT2D eigenvalue weighted by atomic mass is 32.2. The predicted molar refractivity (Wildman–Crippen MR) is 79.3 cm³/mol. The third kappa shape index (κ3) is 3.45. The maximum atomic E-state index is 4.18. The van der Waals surface area contributed by atoms with Crippen molar-refractivity contribution in [1.82, 2.24) is 15.5 Å². The van der Waals surface area contributed by atoms with Crippen molar-refractivity contribution in [3.8, 4) is 0 Å². The third-order valence-corrected chi connectivity index (χ3v) is 5.88. The minimum absolute atomic E-state index is 0.385. The second-order valence-corrected chi connectivity index (χ2v) is 7.99. The van der Waals surface area contributed by atoms with Crippen LogP contribution in [0.15, 0.2) is 9.85 Å². The van der Waals surface area contributed by atoms with E-state index in [0.717, 1.165) is 10.9 Å². The van der Waals surface area contributed by atoms with Crippen LogP contribution in [0, 0.1) is 5.41 Å². The van der Waals surface area contributed by atoms with Gasteiger partial charge in [0.05, 0.1) is 0 Å². The highest BCUT2D eigenvalue weighted by Gasteiger charge is 2.39. The number of hydrogen-bond acceptors (Lipinski definition) is 5. The molecule has 0 amide bonds.